The van der Waals surface area contributed by atoms with Crippen molar-refractivity contribution in [3.8, 4) is 5.75 Å². The van der Waals surface area contributed by atoms with E-state index < -0.39 is 0 Å². The van der Waals surface area contributed by atoms with Gasteiger partial charge in [-0.1, -0.05) is 19.1 Å². The van der Waals surface area contributed by atoms with E-state index in [1.807, 2.05) is 31.2 Å². The predicted molar refractivity (Wildman–Crippen MR) is 62.5 cm³/mol. The highest BCUT2D eigenvalue weighted by Crippen LogP contribution is 2.31. The van der Waals surface area contributed by atoms with E-state index in [-0.39, 0.29) is 11.8 Å². The monoisotopic (exact) mass is 220 g/mol. The number of carbonyl (C=O) groups excluding carboxylic acids is 1. The van der Waals surface area contributed by atoms with Crippen LogP contribution in [0, 0.1) is 5.92 Å². The molecule has 1 atom stereocenters. The van der Waals surface area contributed by atoms with E-state index in [0.717, 1.165) is 11.4 Å². The Bertz CT molecular complexity index is 392. The fourth-order valence-electron chi connectivity index (χ4n) is 1.77. The first-order valence-electron chi connectivity index (χ1n) is 5.47. The highest BCUT2D eigenvalue weighted by atomic mass is 16.5. The van der Waals surface area contributed by atoms with Crippen molar-refractivity contribution in [3.05, 3.63) is 24.3 Å². The van der Waals surface area contributed by atoms with E-state index in [1.165, 1.54) is 0 Å². The van der Waals surface area contributed by atoms with Gasteiger partial charge in [-0.25, -0.2) is 0 Å². The summed E-state index contributed by atoms with van der Waals surface area (Å²) in [6, 6.07) is 7.58. The van der Waals surface area contributed by atoms with Gasteiger partial charge in [-0.15, -0.1) is 0 Å². The molecule has 0 spiro atoms. The summed E-state index contributed by atoms with van der Waals surface area (Å²) < 4.78 is 5.49. The van der Waals surface area contributed by atoms with E-state index in [4.69, 9.17) is 10.5 Å². The van der Waals surface area contributed by atoms with E-state index in [0.29, 0.717) is 19.7 Å². The molecule has 1 aliphatic rings. The summed E-state index contributed by atoms with van der Waals surface area (Å²) in [5, 5.41) is 0. The molecule has 1 unspecified atom stereocenters. The minimum atomic E-state index is -0.147. The quantitative estimate of drug-likeness (QED) is 0.809. The number of nitrogens with two attached hydrogens (primary N) is 1. The van der Waals surface area contributed by atoms with Crippen LogP contribution in [0.25, 0.3) is 0 Å². The maximum Gasteiger partial charge on any atom is 0.231 e. The molecule has 86 valence electrons. The van der Waals surface area contributed by atoms with Crippen LogP contribution in [-0.4, -0.2) is 25.6 Å². The first-order valence-corrected chi connectivity index (χ1v) is 5.47. The summed E-state index contributed by atoms with van der Waals surface area (Å²) in [7, 11) is 0. The fraction of sp³-hybridized carbons (Fsp3) is 0.417. The molecule has 1 aromatic carbocycles. The fourth-order valence-corrected chi connectivity index (χ4v) is 1.77. The van der Waals surface area contributed by atoms with Gasteiger partial charge in [0, 0.05) is 12.5 Å². The normalized spacial score (nSPS) is 16.2. The van der Waals surface area contributed by atoms with Gasteiger partial charge in [-0.3, -0.25) is 4.79 Å². The highest BCUT2D eigenvalue weighted by molar-refractivity contribution is 5.96. The first kappa shape index (κ1) is 11.0. The molecule has 1 amide bonds. The minimum absolute atomic E-state index is 0.0678. The zero-order chi connectivity index (χ0) is 11.5. The van der Waals surface area contributed by atoms with Gasteiger partial charge >= 0.3 is 0 Å². The third-order valence-corrected chi connectivity index (χ3v) is 2.77. The summed E-state index contributed by atoms with van der Waals surface area (Å²) in [5.41, 5.74) is 6.37. The van der Waals surface area contributed by atoms with E-state index in [2.05, 4.69) is 0 Å². The Morgan fingerprint density at radius 2 is 2.31 bits per heavy atom. The lowest BCUT2D eigenvalue weighted by Crippen LogP contribution is -2.42. The number of hydrogen-bond acceptors (Lipinski definition) is 3. The topological polar surface area (TPSA) is 55.6 Å². The number of rotatable bonds is 2. The van der Waals surface area contributed by atoms with Crippen LogP contribution < -0.4 is 15.4 Å². The zero-order valence-electron chi connectivity index (χ0n) is 9.35. The molecule has 1 aromatic rings. The van der Waals surface area contributed by atoms with Crippen molar-refractivity contribution in [2.75, 3.05) is 24.6 Å². The number of carbonyl (C=O) groups is 1. The van der Waals surface area contributed by atoms with Gasteiger partial charge in [-0.05, 0) is 12.1 Å². The highest BCUT2D eigenvalue weighted by Gasteiger charge is 2.25. The van der Waals surface area contributed by atoms with Crippen molar-refractivity contribution in [1.29, 1.82) is 0 Å². The van der Waals surface area contributed by atoms with E-state index in [9.17, 15) is 4.79 Å². The smallest absolute Gasteiger partial charge is 0.231 e. The third-order valence-electron chi connectivity index (χ3n) is 2.77. The molecule has 1 heterocycles. The van der Waals surface area contributed by atoms with Crippen molar-refractivity contribution >= 4 is 11.6 Å². The van der Waals surface area contributed by atoms with Crippen molar-refractivity contribution in [1.82, 2.24) is 0 Å². The lowest BCUT2D eigenvalue weighted by Gasteiger charge is -2.31. The zero-order valence-corrected chi connectivity index (χ0v) is 9.35. The largest absolute Gasteiger partial charge is 0.490 e. The summed E-state index contributed by atoms with van der Waals surface area (Å²) in [5.74, 6) is 0.690. The van der Waals surface area contributed by atoms with Gasteiger partial charge in [0.1, 0.15) is 12.4 Å². The Hall–Kier alpha value is -1.55. The number of fused-ring (bicyclic) bond motifs is 1. The SMILES string of the molecule is CC(CN)C(=O)N1CCOc2ccccc21. The third kappa shape index (κ3) is 1.88. The summed E-state index contributed by atoms with van der Waals surface area (Å²) >= 11 is 0. The Morgan fingerprint density at radius 1 is 1.56 bits per heavy atom. The van der Waals surface area contributed by atoms with Crippen molar-refractivity contribution in [2.24, 2.45) is 11.7 Å². The summed E-state index contributed by atoms with van der Waals surface area (Å²) in [6.07, 6.45) is 0. The molecular formula is C12H16N2O2. The number of para-hydroxylation sites is 2. The van der Waals surface area contributed by atoms with Crippen LogP contribution in [0.3, 0.4) is 0 Å². The van der Waals surface area contributed by atoms with Gasteiger partial charge in [-0.2, -0.15) is 0 Å². The molecular weight excluding hydrogens is 204 g/mol. The average Bonchev–Trinajstić information content (AvgIpc) is 2.36. The van der Waals surface area contributed by atoms with Crippen molar-refractivity contribution in [3.63, 3.8) is 0 Å². The molecule has 0 aliphatic carbocycles. The maximum atomic E-state index is 12.1. The van der Waals surface area contributed by atoms with Crippen LogP contribution in [0.2, 0.25) is 0 Å². The second-order valence-corrected chi connectivity index (χ2v) is 3.94. The molecule has 1 aliphatic heterocycles. The molecule has 16 heavy (non-hydrogen) atoms. The van der Waals surface area contributed by atoms with Gasteiger partial charge < -0.3 is 15.4 Å². The Balaban J connectivity index is 2.28. The van der Waals surface area contributed by atoms with Crippen molar-refractivity contribution in [2.45, 2.75) is 6.92 Å². The number of anilines is 1. The number of amides is 1. The Kier molecular flexibility index (Phi) is 3.10. The second kappa shape index (κ2) is 4.53. The van der Waals surface area contributed by atoms with Crippen LogP contribution in [0.5, 0.6) is 5.75 Å². The predicted octanol–water partition coefficient (Wildman–Crippen LogP) is 1.01. The molecule has 0 radical (unpaired) electrons. The van der Waals surface area contributed by atoms with Gasteiger partial charge in [0.25, 0.3) is 0 Å². The number of benzene rings is 1. The summed E-state index contributed by atoms with van der Waals surface area (Å²) in [4.78, 5) is 13.8. The average molecular weight is 220 g/mol. The maximum absolute atomic E-state index is 12.1. The molecule has 0 fully saturated rings. The van der Waals surface area contributed by atoms with Crippen LogP contribution in [0.15, 0.2) is 24.3 Å². The standard InChI is InChI=1S/C12H16N2O2/c1-9(8-13)12(15)14-6-7-16-11-5-3-2-4-10(11)14/h2-5,9H,6-8,13H2,1H3. The molecule has 4 heteroatoms. The van der Waals surface area contributed by atoms with Crippen LogP contribution >= 0.6 is 0 Å². The molecule has 0 saturated carbocycles. The van der Waals surface area contributed by atoms with E-state index >= 15 is 0 Å². The van der Waals surface area contributed by atoms with E-state index in [1.54, 1.807) is 4.90 Å². The molecule has 2 rings (SSSR count). The summed E-state index contributed by atoms with van der Waals surface area (Å²) in [6.45, 7) is 3.36. The van der Waals surface area contributed by atoms with Gasteiger partial charge in [0.15, 0.2) is 0 Å². The lowest BCUT2D eigenvalue weighted by atomic mass is 10.1. The first-order chi connectivity index (χ1) is 7.74. The van der Waals surface area contributed by atoms with Crippen LogP contribution in [0.1, 0.15) is 6.92 Å². The van der Waals surface area contributed by atoms with Gasteiger partial charge in [0.2, 0.25) is 5.91 Å². The Labute approximate surface area is 95.0 Å². The second-order valence-electron chi connectivity index (χ2n) is 3.94. The molecule has 0 saturated heterocycles. The minimum Gasteiger partial charge on any atom is -0.490 e. The Morgan fingerprint density at radius 3 is 3.06 bits per heavy atom. The van der Waals surface area contributed by atoms with Crippen LogP contribution in [-0.2, 0) is 4.79 Å². The van der Waals surface area contributed by atoms with Gasteiger partial charge in [0.05, 0.1) is 12.2 Å². The lowest BCUT2D eigenvalue weighted by molar-refractivity contribution is -0.121. The molecule has 2 N–H and O–H groups in total. The molecule has 4 nitrogen and oxygen atoms in total. The number of nitrogens with zero attached hydrogens (tertiary/aromatic N) is 1. The van der Waals surface area contributed by atoms with Crippen molar-refractivity contribution < 1.29 is 9.53 Å². The number of ether oxygens (including phenoxy) is 1. The number of hydrogen-bond donors (Lipinski definition) is 1. The molecule has 0 bridgehead atoms. The molecule has 0 aromatic heterocycles. The van der Waals surface area contributed by atoms with Crippen LogP contribution in [0.4, 0.5) is 5.69 Å².